The highest BCUT2D eigenvalue weighted by atomic mass is 32.2. The summed E-state index contributed by atoms with van der Waals surface area (Å²) < 4.78 is 7.89. The predicted octanol–water partition coefficient (Wildman–Crippen LogP) is 5.64. The average Bonchev–Trinajstić information content (AvgIpc) is 2.78. The van der Waals surface area contributed by atoms with Crippen molar-refractivity contribution in [3.8, 4) is 5.75 Å². The second-order valence-corrected chi connectivity index (χ2v) is 12.8. The second kappa shape index (κ2) is 15.3. The zero-order chi connectivity index (χ0) is 25.7. The van der Waals surface area contributed by atoms with Crippen molar-refractivity contribution in [2.75, 3.05) is 26.9 Å². The molecule has 2 atom stereocenters. The van der Waals surface area contributed by atoms with Gasteiger partial charge in [-0.05, 0) is 81.3 Å². The monoisotopic (exact) mass is 508 g/mol. The number of aliphatic hydroxyl groups is 1. The van der Waals surface area contributed by atoms with E-state index in [2.05, 4.69) is 42.3 Å². The van der Waals surface area contributed by atoms with Crippen molar-refractivity contribution < 1.29 is 19.7 Å². The molecule has 2 aromatic carbocycles. The molecule has 0 heterocycles. The van der Waals surface area contributed by atoms with E-state index >= 15 is 0 Å². The number of carbonyl (C=O) groups excluding carboxylic acids is 1. The molecule has 34 heavy (non-hydrogen) atoms. The predicted molar refractivity (Wildman–Crippen MR) is 145 cm³/mol. The van der Waals surface area contributed by atoms with Gasteiger partial charge in [-0.3, -0.25) is 0 Å². The van der Waals surface area contributed by atoms with Crippen molar-refractivity contribution in [3.63, 3.8) is 0 Å². The van der Waals surface area contributed by atoms with E-state index in [1.807, 2.05) is 51.1 Å². The van der Waals surface area contributed by atoms with Crippen molar-refractivity contribution in [3.05, 3.63) is 54.6 Å². The summed E-state index contributed by atoms with van der Waals surface area (Å²) >= 11 is 1.69. The van der Waals surface area contributed by atoms with Gasteiger partial charge in [0.2, 0.25) is 0 Å². The van der Waals surface area contributed by atoms with Crippen LogP contribution in [0, 0.1) is 5.92 Å². The van der Waals surface area contributed by atoms with Gasteiger partial charge in [-0.25, -0.2) is 9.10 Å². The molecule has 2 aromatic rings. The van der Waals surface area contributed by atoms with Crippen molar-refractivity contribution >= 4 is 31.3 Å². The lowest BCUT2D eigenvalue weighted by Crippen LogP contribution is -2.41. The molecule has 0 spiro atoms. The van der Waals surface area contributed by atoms with Crippen LogP contribution in [0.25, 0.3) is 0 Å². The Labute approximate surface area is 211 Å². The Morgan fingerprint density at radius 1 is 1.09 bits per heavy atom. The topological polar surface area (TPSA) is 82.0 Å². The lowest BCUT2D eigenvalue weighted by Gasteiger charge is -2.30. The maximum atomic E-state index is 12.6. The first-order valence-corrected chi connectivity index (χ1v) is 14.1. The maximum absolute atomic E-state index is 12.6. The molecule has 0 saturated carbocycles. The Bertz CT molecular complexity index is 829. The van der Waals surface area contributed by atoms with Crippen molar-refractivity contribution in [2.45, 2.75) is 57.3 Å². The van der Waals surface area contributed by atoms with Gasteiger partial charge >= 0.3 is 6.09 Å². The highest BCUT2D eigenvalue weighted by molar-refractivity contribution is 7.97. The highest BCUT2D eigenvalue weighted by Crippen LogP contribution is 2.37. The number of amides is 1. The molecule has 0 aliphatic carbocycles. The number of nitrogens with zero attached hydrogens (tertiary/aromatic N) is 1. The summed E-state index contributed by atoms with van der Waals surface area (Å²) in [6.07, 6.45) is 0.447. The molecule has 0 radical (unpaired) electrons. The van der Waals surface area contributed by atoms with Crippen LogP contribution >= 0.6 is 19.9 Å². The van der Waals surface area contributed by atoms with Crippen LogP contribution in [-0.4, -0.2) is 58.9 Å². The molecular formula is C26H41N2O4PS. The number of ether oxygens (including phenoxy) is 1. The number of aromatic hydroxyl groups is 1. The molecule has 2 rings (SSSR count). The molecule has 8 heteroatoms. The molecular weight excluding hydrogens is 467 g/mol. The first-order chi connectivity index (χ1) is 16.0. The van der Waals surface area contributed by atoms with E-state index in [4.69, 9.17) is 9.84 Å². The number of benzene rings is 2. The quantitative estimate of drug-likeness (QED) is 0.284. The van der Waals surface area contributed by atoms with Gasteiger partial charge in [0.1, 0.15) is 11.4 Å². The van der Waals surface area contributed by atoms with E-state index < -0.39 is 13.5 Å². The Kier molecular flexibility index (Phi) is 13.6. The second-order valence-electron chi connectivity index (χ2n) is 9.26. The van der Waals surface area contributed by atoms with Crippen LogP contribution in [-0.2, 0) is 4.74 Å². The summed E-state index contributed by atoms with van der Waals surface area (Å²) in [4.78, 5) is 13.7. The van der Waals surface area contributed by atoms with Crippen molar-refractivity contribution in [1.29, 1.82) is 0 Å². The number of phenols is 1. The van der Waals surface area contributed by atoms with Gasteiger partial charge in [-0.1, -0.05) is 52.1 Å². The van der Waals surface area contributed by atoms with Crippen LogP contribution in [0.3, 0.4) is 0 Å². The smallest absolute Gasteiger partial charge is 0.408 e. The summed E-state index contributed by atoms with van der Waals surface area (Å²) in [5.41, 5.74) is -0.531. The van der Waals surface area contributed by atoms with Gasteiger partial charge in [0.05, 0.1) is 5.78 Å². The molecule has 1 amide bonds. The SMILES string of the molecule is CC(C)CN(CCC(NC(=O)OC(C)(C)C)P(C)c1ccccc1)Sc1ccc(O)cc1.CO. The van der Waals surface area contributed by atoms with Crippen LogP contribution in [0.15, 0.2) is 59.5 Å². The number of rotatable bonds is 10. The van der Waals surface area contributed by atoms with E-state index in [-0.39, 0.29) is 17.6 Å². The van der Waals surface area contributed by atoms with Crippen LogP contribution < -0.4 is 10.6 Å². The Morgan fingerprint density at radius 3 is 2.21 bits per heavy atom. The standard InChI is InChI=1S/C25H37N2O3PS.CH4O/c1-19(2)18-27(32-22-14-12-20(28)13-15-22)17-16-23(26-24(29)30-25(3,4)5)31(6)21-10-8-7-9-11-21;1-2/h7-15,19,23,28H,16-18H2,1-6H3,(H,26,29);2H,1H3. The Morgan fingerprint density at radius 2 is 1.68 bits per heavy atom. The number of hydrogen-bond acceptors (Lipinski definition) is 6. The third-order valence-electron chi connectivity index (χ3n) is 4.61. The molecule has 190 valence electrons. The third kappa shape index (κ3) is 12.1. The molecule has 2 unspecified atom stereocenters. The maximum Gasteiger partial charge on any atom is 0.408 e. The lowest BCUT2D eigenvalue weighted by molar-refractivity contribution is 0.0519. The fourth-order valence-electron chi connectivity index (χ4n) is 3.15. The third-order valence-corrected chi connectivity index (χ3v) is 8.11. The number of carbonyl (C=O) groups is 1. The van der Waals surface area contributed by atoms with Crippen LogP contribution in [0.4, 0.5) is 4.79 Å². The largest absolute Gasteiger partial charge is 0.508 e. The summed E-state index contributed by atoms with van der Waals surface area (Å²) in [6.45, 7) is 14.0. The van der Waals surface area contributed by atoms with Gasteiger partial charge in [-0.15, -0.1) is 0 Å². The van der Waals surface area contributed by atoms with Gasteiger partial charge in [0, 0.05) is 25.1 Å². The fraction of sp³-hybridized carbons (Fsp3) is 0.500. The number of nitrogens with one attached hydrogen (secondary N) is 1. The minimum absolute atomic E-state index is 0.00247. The normalized spacial score (nSPS) is 13.1. The van der Waals surface area contributed by atoms with Gasteiger partial charge in [-0.2, -0.15) is 0 Å². The van der Waals surface area contributed by atoms with Gasteiger partial charge < -0.3 is 20.3 Å². The van der Waals surface area contributed by atoms with Crippen LogP contribution in [0.2, 0.25) is 0 Å². The molecule has 6 nitrogen and oxygen atoms in total. The minimum atomic E-state index is -0.609. The summed E-state index contributed by atoms with van der Waals surface area (Å²) in [6, 6.07) is 17.7. The van der Waals surface area contributed by atoms with Crippen molar-refractivity contribution in [1.82, 2.24) is 9.62 Å². The molecule has 0 fully saturated rings. The van der Waals surface area contributed by atoms with Gasteiger partial charge in [0.15, 0.2) is 0 Å². The van der Waals surface area contributed by atoms with E-state index in [0.29, 0.717) is 5.92 Å². The minimum Gasteiger partial charge on any atom is -0.508 e. The number of phenolic OH excluding ortho intramolecular Hbond substituents is 1. The van der Waals surface area contributed by atoms with Gasteiger partial charge in [0.25, 0.3) is 0 Å². The highest BCUT2D eigenvalue weighted by Gasteiger charge is 2.25. The first-order valence-electron chi connectivity index (χ1n) is 11.5. The zero-order valence-corrected chi connectivity index (χ0v) is 23.2. The molecule has 0 aliphatic heterocycles. The van der Waals surface area contributed by atoms with Crippen LogP contribution in [0.1, 0.15) is 41.0 Å². The lowest BCUT2D eigenvalue weighted by atomic mass is 10.2. The Hall–Kier alpha value is -1.79. The van der Waals surface area contributed by atoms with E-state index in [0.717, 1.165) is 31.5 Å². The molecule has 3 N–H and O–H groups in total. The first kappa shape index (κ1) is 30.2. The fourth-order valence-corrected chi connectivity index (χ4v) is 6.08. The van der Waals surface area contributed by atoms with Crippen molar-refractivity contribution in [2.24, 2.45) is 5.92 Å². The molecule has 0 aromatic heterocycles. The zero-order valence-electron chi connectivity index (χ0n) is 21.5. The molecule has 0 saturated heterocycles. The number of alkyl carbamates (subject to hydrolysis) is 1. The molecule has 0 aliphatic rings. The Balaban J connectivity index is 0.00000281. The number of aliphatic hydroxyl groups excluding tert-OH is 1. The summed E-state index contributed by atoms with van der Waals surface area (Å²) in [5, 5.41) is 21.0. The van der Waals surface area contributed by atoms with E-state index in [1.54, 1.807) is 24.1 Å². The van der Waals surface area contributed by atoms with E-state index in [9.17, 15) is 9.90 Å². The number of hydrogen-bond donors (Lipinski definition) is 3. The van der Waals surface area contributed by atoms with Crippen LogP contribution in [0.5, 0.6) is 5.75 Å². The molecule has 0 bridgehead atoms. The van der Waals surface area contributed by atoms with E-state index in [1.165, 1.54) is 5.30 Å². The summed E-state index contributed by atoms with van der Waals surface area (Å²) in [5.74, 6) is 0.775. The average molecular weight is 509 g/mol. The summed E-state index contributed by atoms with van der Waals surface area (Å²) in [7, 11) is 0.391.